The summed E-state index contributed by atoms with van der Waals surface area (Å²) >= 11 is 0. The molecule has 4 saturated carbocycles. The molecule has 4 aliphatic carbocycles. The van der Waals surface area contributed by atoms with E-state index in [4.69, 9.17) is 18.9 Å². The number of hydrogen-bond acceptors (Lipinski definition) is 10. The lowest BCUT2D eigenvalue weighted by Crippen LogP contribution is -2.72. The molecule has 11 heteroatoms. The van der Waals surface area contributed by atoms with Crippen LogP contribution in [0.1, 0.15) is 65.2 Å². The van der Waals surface area contributed by atoms with E-state index < -0.39 is 70.8 Å². The van der Waals surface area contributed by atoms with Gasteiger partial charge in [-0.25, -0.2) is 4.79 Å². The molecule has 6 fully saturated rings. The fraction of sp³-hybridized carbons (Fsp3) is 0.862. The van der Waals surface area contributed by atoms with Crippen molar-refractivity contribution in [3.63, 3.8) is 0 Å². The minimum Gasteiger partial charge on any atom is -0.481 e. The number of fused-ring (bicyclic) bond motifs is 7. The standard InChI is InChI=1S/C29H40O11/c1-13-7-22(31)29(36)25(38-13)39-19-9-15-3-4-17-18(27(15,24(33)34)11-20(19)40-29)10-21(30)26(2)16(5-6-28(17,26)35)14-8-23(32)37-12-14/h8,13,15-22,25,30-31,35-36H,3-7,9-12H2,1-2H3,(H,33,34)/t13-,15+,16-,17-,18+,19-,20-,21-,22-,25+,26+,27-,28+,29+/m1/s1. The van der Waals surface area contributed by atoms with Gasteiger partial charge in [0.05, 0.1) is 35.4 Å². The van der Waals surface area contributed by atoms with Gasteiger partial charge < -0.3 is 44.5 Å². The molecular formula is C29H40O11. The molecule has 11 nitrogen and oxygen atoms in total. The summed E-state index contributed by atoms with van der Waals surface area (Å²) in [6.45, 7) is 3.81. The number of ether oxygens (including phenoxy) is 4. The number of aliphatic hydroxyl groups excluding tert-OH is 2. The van der Waals surface area contributed by atoms with Gasteiger partial charge in [-0.05, 0) is 81.1 Å². The fourth-order valence-electron chi connectivity index (χ4n) is 10.3. The van der Waals surface area contributed by atoms with Crippen LogP contribution < -0.4 is 0 Å². The van der Waals surface area contributed by atoms with E-state index in [0.717, 1.165) is 5.57 Å². The fourth-order valence-corrected chi connectivity index (χ4v) is 10.3. The van der Waals surface area contributed by atoms with Crippen molar-refractivity contribution >= 4 is 11.9 Å². The van der Waals surface area contributed by atoms with Crippen molar-refractivity contribution in [3.05, 3.63) is 11.6 Å². The average Bonchev–Trinajstić information content (AvgIpc) is 3.44. The Kier molecular flexibility index (Phi) is 5.94. The molecule has 0 aromatic heterocycles. The molecule has 0 aromatic rings. The first-order valence-corrected chi connectivity index (χ1v) is 14.7. The van der Waals surface area contributed by atoms with Gasteiger partial charge in [0.25, 0.3) is 0 Å². The summed E-state index contributed by atoms with van der Waals surface area (Å²) in [5, 5.41) is 57.1. The van der Waals surface area contributed by atoms with E-state index in [9.17, 15) is 35.1 Å². The molecule has 3 aliphatic heterocycles. The van der Waals surface area contributed by atoms with E-state index in [2.05, 4.69) is 0 Å². The van der Waals surface area contributed by atoms with Gasteiger partial charge in [-0.2, -0.15) is 0 Å². The molecule has 5 N–H and O–H groups in total. The van der Waals surface area contributed by atoms with Crippen molar-refractivity contribution in [3.8, 4) is 0 Å². The van der Waals surface area contributed by atoms with Gasteiger partial charge in [0.1, 0.15) is 12.7 Å². The molecule has 7 aliphatic rings. The first-order valence-electron chi connectivity index (χ1n) is 14.7. The van der Waals surface area contributed by atoms with E-state index in [0.29, 0.717) is 32.1 Å². The van der Waals surface area contributed by atoms with Crippen LogP contribution in [0.5, 0.6) is 0 Å². The molecule has 222 valence electrons. The van der Waals surface area contributed by atoms with Crippen molar-refractivity contribution in [2.24, 2.45) is 34.5 Å². The SMILES string of the molecule is C[C@@H]1C[C@@H](O)[C@]2(O)O[C@@H]3C[C@@]4(C(=O)O)[C@@H](CC[C@@H]5[C@@H]4C[C@@H](O)[C@]4(C)[C@@H](C6=CC(=O)OC6)CC[C@]54O)C[C@H]3O[C@@H]2O1. The second kappa shape index (κ2) is 8.72. The van der Waals surface area contributed by atoms with Gasteiger partial charge >= 0.3 is 11.9 Å². The molecule has 0 bridgehead atoms. The number of cyclic esters (lactones) is 1. The molecule has 0 aromatic carbocycles. The largest absolute Gasteiger partial charge is 0.481 e. The topological polar surface area (TPSA) is 172 Å². The van der Waals surface area contributed by atoms with Crippen LogP contribution in [0.25, 0.3) is 0 Å². The Balaban J connectivity index is 1.23. The average molecular weight is 565 g/mol. The number of aliphatic carboxylic acids is 1. The highest BCUT2D eigenvalue weighted by Crippen LogP contribution is 2.70. The van der Waals surface area contributed by atoms with Gasteiger partial charge in [-0.15, -0.1) is 0 Å². The highest BCUT2D eigenvalue weighted by molar-refractivity contribution is 5.85. The Morgan fingerprint density at radius 2 is 1.77 bits per heavy atom. The van der Waals surface area contributed by atoms with Gasteiger partial charge in [-0.3, -0.25) is 4.79 Å². The summed E-state index contributed by atoms with van der Waals surface area (Å²) in [5.41, 5.74) is -2.81. The highest BCUT2D eigenvalue weighted by atomic mass is 16.8. The Labute approximate surface area is 232 Å². The first-order chi connectivity index (χ1) is 18.8. The molecule has 0 spiro atoms. The van der Waals surface area contributed by atoms with E-state index in [-0.39, 0.29) is 49.7 Å². The maximum atomic E-state index is 13.3. The summed E-state index contributed by atoms with van der Waals surface area (Å²) in [6, 6.07) is 0. The third kappa shape index (κ3) is 3.31. The summed E-state index contributed by atoms with van der Waals surface area (Å²) in [4.78, 5) is 25.2. The number of aliphatic hydroxyl groups is 4. The number of carbonyl (C=O) groups excluding carboxylic acids is 1. The summed E-state index contributed by atoms with van der Waals surface area (Å²) in [7, 11) is 0. The van der Waals surface area contributed by atoms with Crippen LogP contribution in [-0.4, -0.2) is 92.3 Å². The molecule has 0 amide bonds. The van der Waals surface area contributed by atoms with Crippen LogP contribution in [0.4, 0.5) is 0 Å². The van der Waals surface area contributed by atoms with Crippen molar-refractivity contribution in [1.29, 1.82) is 0 Å². The van der Waals surface area contributed by atoms with Crippen LogP contribution in [0.2, 0.25) is 0 Å². The highest BCUT2D eigenvalue weighted by Gasteiger charge is 2.74. The molecular weight excluding hydrogens is 524 g/mol. The maximum absolute atomic E-state index is 13.3. The van der Waals surface area contributed by atoms with Crippen LogP contribution >= 0.6 is 0 Å². The third-order valence-electron chi connectivity index (χ3n) is 12.3. The van der Waals surface area contributed by atoms with E-state index in [1.807, 2.05) is 6.92 Å². The maximum Gasteiger partial charge on any atom is 0.331 e. The monoisotopic (exact) mass is 564 g/mol. The van der Waals surface area contributed by atoms with Crippen molar-refractivity contribution in [2.75, 3.05) is 6.61 Å². The molecule has 3 heterocycles. The second-order valence-electron chi connectivity index (χ2n) is 13.8. The minimum atomic E-state index is -2.11. The van der Waals surface area contributed by atoms with Crippen LogP contribution in [0, 0.1) is 34.5 Å². The second-order valence-corrected chi connectivity index (χ2v) is 13.8. The van der Waals surface area contributed by atoms with Crippen LogP contribution in [0.15, 0.2) is 11.6 Å². The lowest BCUT2D eigenvalue weighted by atomic mass is 9.41. The van der Waals surface area contributed by atoms with Crippen LogP contribution in [0.3, 0.4) is 0 Å². The number of rotatable bonds is 2. The number of hydrogen-bond donors (Lipinski definition) is 5. The van der Waals surface area contributed by atoms with Gasteiger partial charge in [-0.1, -0.05) is 6.92 Å². The number of esters is 1. The molecule has 0 unspecified atom stereocenters. The predicted molar refractivity (Wildman–Crippen MR) is 134 cm³/mol. The van der Waals surface area contributed by atoms with Gasteiger partial charge in [0, 0.05) is 17.9 Å². The quantitative estimate of drug-likeness (QED) is 0.238. The summed E-state index contributed by atoms with van der Waals surface area (Å²) in [5.74, 6) is -4.96. The molecule has 7 rings (SSSR count). The molecule has 0 radical (unpaired) electrons. The van der Waals surface area contributed by atoms with Crippen molar-refractivity contribution < 1.29 is 54.1 Å². The number of carboxylic acid groups (broad SMARTS) is 1. The lowest BCUT2D eigenvalue weighted by Gasteiger charge is -2.65. The number of carbonyl (C=O) groups is 2. The van der Waals surface area contributed by atoms with Gasteiger partial charge in [0.15, 0.2) is 0 Å². The van der Waals surface area contributed by atoms with Crippen LogP contribution in [-0.2, 0) is 28.5 Å². The Bertz CT molecular complexity index is 1140. The summed E-state index contributed by atoms with van der Waals surface area (Å²) < 4.78 is 23.2. The van der Waals surface area contributed by atoms with Crippen molar-refractivity contribution in [1.82, 2.24) is 0 Å². The zero-order valence-corrected chi connectivity index (χ0v) is 22.9. The van der Waals surface area contributed by atoms with E-state index in [1.165, 1.54) is 6.08 Å². The van der Waals surface area contributed by atoms with Crippen molar-refractivity contribution in [2.45, 2.75) is 113 Å². The Morgan fingerprint density at radius 3 is 2.48 bits per heavy atom. The van der Waals surface area contributed by atoms with Gasteiger partial charge in [0.2, 0.25) is 12.1 Å². The third-order valence-corrected chi connectivity index (χ3v) is 12.3. The Hall–Kier alpha value is -1.60. The predicted octanol–water partition coefficient (Wildman–Crippen LogP) is 0.857. The molecule has 14 atom stereocenters. The zero-order valence-electron chi connectivity index (χ0n) is 22.9. The molecule has 2 saturated heterocycles. The lowest BCUT2D eigenvalue weighted by molar-refractivity contribution is -0.458. The number of carboxylic acids is 1. The summed E-state index contributed by atoms with van der Waals surface area (Å²) in [6.07, 6.45) is -0.699. The van der Waals surface area contributed by atoms with E-state index in [1.54, 1.807) is 6.92 Å². The molecule has 40 heavy (non-hydrogen) atoms. The Morgan fingerprint density at radius 1 is 1.00 bits per heavy atom. The normalized spacial score (nSPS) is 57.0. The smallest absolute Gasteiger partial charge is 0.331 e. The minimum absolute atomic E-state index is 0.0343. The van der Waals surface area contributed by atoms with E-state index >= 15 is 0 Å². The first kappa shape index (κ1) is 27.2. The zero-order chi connectivity index (χ0) is 28.4.